The van der Waals surface area contributed by atoms with E-state index >= 15 is 0 Å². The zero-order chi connectivity index (χ0) is 9.97. The maximum absolute atomic E-state index is 11.0. The highest BCUT2D eigenvalue weighted by molar-refractivity contribution is 7.16. The van der Waals surface area contributed by atoms with E-state index in [2.05, 4.69) is 15.0 Å². The molecule has 2 aromatic heterocycles. The number of methoxy groups -OCH3 is 1. The van der Waals surface area contributed by atoms with Crippen molar-refractivity contribution >= 4 is 11.3 Å². The average molecular weight is 209 g/mol. The van der Waals surface area contributed by atoms with Gasteiger partial charge in [-0.15, -0.1) is 0 Å². The van der Waals surface area contributed by atoms with Crippen molar-refractivity contribution in [3.05, 3.63) is 28.9 Å². The predicted molar refractivity (Wildman–Crippen MR) is 52.5 cm³/mol. The summed E-state index contributed by atoms with van der Waals surface area (Å²) in [6.07, 6.45) is 4.44. The maximum Gasteiger partial charge on any atom is 0.273 e. The number of nitrogens with zero attached hydrogens (tertiary/aromatic N) is 2. The number of thiazole rings is 1. The fourth-order valence-corrected chi connectivity index (χ4v) is 1.67. The van der Waals surface area contributed by atoms with Gasteiger partial charge in [-0.1, -0.05) is 11.3 Å². The Kier molecular flexibility index (Phi) is 2.28. The van der Waals surface area contributed by atoms with Crippen molar-refractivity contribution < 1.29 is 4.74 Å². The molecule has 0 aliphatic carbocycles. The second-order valence-corrected chi connectivity index (χ2v) is 3.50. The Hall–Kier alpha value is -1.69. The van der Waals surface area contributed by atoms with Crippen molar-refractivity contribution in [1.82, 2.24) is 15.0 Å². The van der Waals surface area contributed by atoms with E-state index in [9.17, 15) is 4.79 Å². The summed E-state index contributed by atoms with van der Waals surface area (Å²) in [5.41, 5.74) is 0.424. The quantitative estimate of drug-likeness (QED) is 0.798. The van der Waals surface area contributed by atoms with Gasteiger partial charge in [0.05, 0.1) is 36.3 Å². The number of nitrogens with one attached hydrogen (secondary N) is 1. The third kappa shape index (κ3) is 1.64. The Morgan fingerprint density at radius 1 is 1.43 bits per heavy atom. The van der Waals surface area contributed by atoms with Crippen molar-refractivity contribution in [3.8, 4) is 15.8 Å². The number of hydrogen-bond acceptors (Lipinski definition) is 5. The summed E-state index contributed by atoms with van der Waals surface area (Å²) in [4.78, 5) is 22.2. The fourth-order valence-electron chi connectivity index (χ4n) is 0.979. The molecule has 0 spiro atoms. The Balaban J connectivity index is 2.44. The second-order valence-electron chi connectivity index (χ2n) is 2.50. The standard InChI is InChI=1S/C8H7N3O2S/c1-13-8-10-3-6(14-8)5-2-9-4-7(12)11-5/h2-4H,1H3,(H,11,12). The molecule has 0 atom stereocenters. The molecule has 0 fully saturated rings. The average Bonchev–Trinajstić information content (AvgIpc) is 2.66. The third-order valence-electron chi connectivity index (χ3n) is 1.58. The first-order chi connectivity index (χ1) is 6.79. The largest absolute Gasteiger partial charge is 0.473 e. The highest BCUT2D eigenvalue weighted by Gasteiger charge is 2.04. The van der Waals surface area contributed by atoms with Crippen LogP contribution in [0, 0.1) is 0 Å². The van der Waals surface area contributed by atoms with Gasteiger partial charge in [0.1, 0.15) is 0 Å². The number of hydrogen-bond donors (Lipinski definition) is 1. The Morgan fingerprint density at radius 2 is 2.29 bits per heavy atom. The minimum Gasteiger partial charge on any atom is -0.473 e. The van der Waals surface area contributed by atoms with E-state index < -0.39 is 0 Å². The van der Waals surface area contributed by atoms with Gasteiger partial charge in [0, 0.05) is 0 Å². The number of H-pyrrole nitrogens is 1. The van der Waals surface area contributed by atoms with Crippen LogP contribution >= 0.6 is 11.3 Å². The molecule has 0 aromatic carbocycles. The van der Waals surface area contributed by atoms with Crippen LogP contribution in [0.4, 0.5) is 0 Å². The lowest BCUT2D eigenvalue weighted by atomic mass is 10.4. The molecule has 5 nitrogen and oxygen atoms in total. The monoisotopic (exact) mass is 209 g/mol. The predicted octanol–water partition coefficient (Wildman–Crippen LogP) is 0.902. The smallest absolute Gasteiger partial charge is 0.273 e. The van der Waals surface area contributed by atoms with Gasteiger partial charge in [-0.3, -0.25) is 9.78 Å². The first kappa shape index (κ1) is 8.89. The van der Waals surface area contributed by atoms with E-state index in [-0.39, 0.29) is 5.56 Å². The molecular formula is C8H7N3O2S. The van der Waals surface area contributed by atoms with Crippen molar-refractivity contribution in [1.29, 1.82) is 0 Å². The molecule has 0 saturated heterocycles. The molecule has 0 aliphatic rings. The molecule has 6 heteroatoms. The van der Waals surface area contributed by atoms with Crippen LogP contribution in [0.3, 0.4) is 0 Å². The molecule has 0 amide bonds. The van der Waals surface area contributed by atoms with E-state index in [0.717, 1.165) is 4.88 Å². The van der Waals surface area contributed by atoms with Gasteiger partial charge in [0.2, 0.25) is 0 Å². The SMILES string of the molecule is COc1ncc(-c2cncc(=O)[nH]2)s1. The first-order valence-corrected chi connectivity index (χ1v) is 4.66. The summed E-state index contributed by atoms with van der Waals surface area (Å²) in [5.74, 6) is 0. The lowest BCUT2D eigenvalue weighted by Gasteiger charge is -1.93. The van der Waals surface area contributed by atoms with Crippen LogP contribution in [-0.2, 0) is 0 Å². The van der Waals surface area contributed by atoms with Gasteiger partial charge in [-0.05, 0) is 0 Å². The molecule has 2 aromatic rings. The fraction of sp³-hybridized carbons (Fsp3) is 0.125. The highest BCUT2D eigenvalue weighted by Crippen LogP contribution is 2.27. The summed E-state index contributed by atoms with van der Waals surface area (Å²) in [6, 6.07) is 0. The van der Waals surface area contributed by atoms with E-state index in [4.69, 9.17) is 4.74 Å². The minimum atomic E-state index is -0.227. The number of rotatable bonds is 2. The first-order valence-electron chi connectivity index (χ1n) is 3.84. The molecule has 72 valence electrons. The highest BCUT2D eigenvalue weighted by atomic mass is 32.1. The van der Waals surface area contributed by atoms with Gasteiger partial charge in [0.15, 0.2) is 0 Å². The van der Waals surface area contributed by atoms with Crippen LogP contribution in [-0.4, -0.2) is 22.1 Å². The van der Waals surface area contributed by atoms with Gasteiger partial charge in [0.25, 0.3) is 10.8 Å². The molecular weight excluding hydrogens is 202 g/mol. The third-order valence-corrected chi connectivity index (χ3v) is 2.57. The van der Waals surface area contributed by atoms with Crippen molar-refractivity contribution in [2.45, 2.75) is 0 Å². The number of aromatic amines is 1. The van der Waals surface area contributed by atoms with Crippen LogP contribution in [0.2, 0.25) is 0 Å². The molecule has 2 heterocycles. The van der Waals surface area contributed by atoms with Crippen molar-refractivity contribution in [3.63, 3.8) is 0 Å². The lowest BCUT2D eigenvalue weighted by molar-refractivity contribution is 0.412. The molecule has 2 rings (SSSR count). The molecule has 0 saturated carbocycles. The maximum atomic E-state index is 11.0. The van der Waals surface area contributed by atoms with Gasteiger partial charge in [-0.25, -0.2) is 4.98 Å². The Bertz CT molecular complexity index is 491. The summed E-state index contributed by atoms with van der Waals surface area (Å²) in [7, 11) is 1.55. The van der Waals surface area contributed by atoms with Crippen LogP contribution < -0.4 is 10.3 Å². The Morgan fingerprint density at radius 3 is 2.93 bits per heavy atom. The summed E-state index contributed by atoms with van der Waals surface area (Å²) < 4.78 is 4.94. The zero-order valence-electron chi connectivity index (χ0n) is 7.35. The van der Waals surface area contributed by atoms with Crippen molar-refractivity contribution in [2.75, 3.05) is 7.11 Å². The summed E-state index contributed by atoms with van der Waals surface area (Å²) >= 11 is 1.35. The molecule has 0 unspecified atom stereocenters. The van der Waals surface area contributed by atoms with Crippen LogP contribution in [0.15, 0.2) is 23.4 Å². The number of aromatic nitrogens is 3. The number of ether oxygens (including phenoxy) is 1. The molecule has 14 heavy (non-hydrogen) atoms. The van der Waals surface area contributed by atoms with E-state index in [1.54, 1.807) is 19.5 Å². The zero-order valence-corrected chi connectivity index (χ0v) is 8.17. The van der Waals surface area contributed by atoms with E-state index in [0.29, 0.717) is 10.9 Å². The summed E-state index contributed by atoms with van der Waals surface area (Å²) in [6.45, 7) is 0. The summed E-state index contributed by atoms with van der Waals surface area (Å²) in [5, 5.41) is 0.560. The molecule has 0 bridgehead atoms. The topological polar surface area (TPSA) is 67.9 Å². The second kappa shape index (κ2) is 3.59. The van der Waals surface area contributed by atoms with E-state index in [1.165, 1.54) is 17.5 Å². The van der Waals surface area contributed by atoms with Gasteiger partial charge < -0.3 is 9.72 Å². The van der Waals surface area contributed by atoms with Gasteiger partial charge >= 0.3 is 0 Å². The van der Waals surface area contributed by atoms with Crippen molar-refractivity contribution in [2.24, 2.45) is 0 Å². The lowest BCUT2D eigenvalue weighted by Crippen LogP contribution is -2.04. The van der Waals surface area contributed by atoms with Crippen LogP contribution in [0.1, 0.15) is 0 Å². The normalized spacial score (nSPS) is 10.1. The molecule has 1 N–H and O–H groups in total. The molecule has 0 aliphatic heterocycles. The van der Waals surface area contributed by atoms with Crippen LogP contribution in [0.5, 0.6) is 5.19 Å². The van der Waals surface area contributed by atoms with E-state index in [1.807, 2.05) is 0 Å². The molecule has 0 radical (unpaired) electrons. The van der Waals surface area contributed by atoms with Crippen LogP contribution in [0.25, 0.3) is 10.6 Å². The Labute approximate surface area is 83.4 Å². The van der Waals surface area contributed by atoms with Gasteiger partial charge in [-0.2, -0.15) is 0 Å². The minimum absolute atomic E-state index is 0.227.